The summed E-state index contributed by atoms with van der Waals surface area (Å²) in [5.41, 5.74) is 5.07. The number of carbonyl (C=O) groups is 1. The van der Waals surface area contributed by atoms with Crippen LogP contribution < -0.4 is 14.8 Å². The Morgan fingerprint density at radius 1 is 0.721 bits per heavy atom. The minimum atomic E-state index is -0.359. The summed E-state index contributed by atoms with van der Waals surface area (Å²) in [6, 6.07) is 19.8. The van der Waals surface area contributed by atoms with Crippen LogP contribution in [0.25, 0.3) is 33.4 Å². The van der Waals surface area contributed by atoms with Crippen LogP contribution in [0.2, 0.25) is 0 Å². The van der Waals surface area contributed by atoms with E-state index in [1.54, 1.807) is 6.07 Å². The van der Waals surface area contributed by atoms with Gasteiger partial charge in [-0.1, -0.05) is 101 Å². The molecule has 0 spiro atoms. The van der Waals surface area contributed by atoms with Gasteiger partial charge in [0.15, 0.2) is 0 Å². The number of rotatable bonds is 3. The van der Waals surface area contributed by atoms with Crippen molar-refractivity contribution in [1.29, 1.82) is 0 Å². The number of carbonyl (C=O) groups excluding carboxylic acids is 1. The molecule has 1 heterocycles. The second kappa shape index (κ2) is 28.3. The van der Waals surface area contributed by atoms with Gasteiger partial charge >= 0.3 is 5.97 Å². The molecule has 0 saturated carbocycles. The van der Waals surface area contributed by atoms with Crippen molar-refractivity contribution in [3.05, 3.63) is 71.6 Å². The Hall–Kier alpha value is -2.50. The summed E-state index contributed by atoms with van der Waals surface area (Å²) >= 11 is 0. The SMILES string of the molecule is CC.CC.CC.CC.CC.CC.COC(=O)c1ccccc1-c1c2ccc(=[N+](C)C)cc-2oc2cc(N(C)C)ccc12.[Y]. The maximum absolute atomic E-state index is 12.5. The summed E-state index contributed by atoms with van der Waals surface area (Å²) in [4.78, 5) is 14.5. The fourth-order valence-electron chi connectivity index (χ4n) is 3.70. The first kappa shape index (κ1) is 47.4. The van der Waals surface area contributed by atoms with Crippen molar-refractivity contribution in [3.8, 4) is 22.5 Å². The first-order chi connectivity index (χ1) is 20.4. The molecule has 0 bridgehead atoms. The summed E-state index contributed by atoms with van der Waals surface area (Å²) < 4.78 is 13.4. The van der Waals surface area contributed by atoms with Gasteiger partial charge in [-0.25, -0.2) is 9.37 Å². The predicted molar refractivity (Wildman–Crippen MR) is 189 cm³/mol. The van der Waals surface area contributed by atoms with Gasteiger partial charge in [-0.3, -0.25) is 0 Å². The van der Waals surface area contributed by atoms with E-state index in [2.05, 4.69) is 24.3 Å². The van der Waals surface area contributed by atoms with E-state index >= 15 is 0 Å². The molecule has 6 heteroatoms. The van der Waals surface area contributed by atoms with Crippen LogP contribution in [0, 0.1) is 0 Å². The molecule has 0 unspecified atom stereocenters. The summed E-state index contributed by atoms with van der Waals surface area (Å²) in [5, 5.41) is 1.99. The smallest absolute Gasteiger partial charge is 0.338 e. The Kier molecular flexibility index (Phi) is 31.2. The molecule has 4 rings (SSSR count). The molecule has 0 fully saturated rings. The van der Waals surface area contributed by atoms with Crippen molar-refractivity contribution in [2.75, 3.05) is 40.2 Å². The van der Waals surface area contributed by atoms with Crippen LogP contribution in [0.3, 0.4) is 0 Å². The number of nitrogens with zero attached hydrogens (tertiary/aromatic N) is 2. The molecule has 43 heavy (non-hydrogen) atoms. The van der Waals surface area contributed by atoms with Gasteiger partial charge in [-0.05, 0) is 29.8 Å². The minimum absolute atomic E-state index is 0. The summed E-state index contributed by atoms with van der Waals surface area (Å²) in [6.07, 6.45) is 0. The van der Waals surface area contributed by atoms with Crippen LogP contribution in [-0.2, 0) is 37.4 Å². The molecule has 1 aliphatic heterocycles. The molecule has 2 aromatic rings. The van der Waals surface area contributed by atoms with Gasteiger partial charge in [0.1, 0.15) is 25.4 Å². The maximum atomic E-state index is 12.5. The zero-order valence-corrected chi connectivity index (χ0v) is 33.3. The second-order valence-corrected chi connectivity index (χ2v) is 7.66. The van der Waals surface area contributed by atoms with Crippen molar-refractivity contribution < 1.29 is 46.7 Å². The largest absolute Gasteiger partial charge is 0.465 e. The van der Waals surface area contributed by atoms with Gasteiger partial charge in [0.2, 0.25) is 5.36 Å². The van der Waals surface area contributed by atoms with Crippen molar-refractivity contribution in [3.63, 3.8) is 0 Å². The number of esters is 1. The van der Waals surface area contributed by atoms with E-state index < -0.39 is 0 Å². The second-order valence-electron chi connectivity index (χ2n) is 7.66. The third-order valence-corrected chi connectivity index (χ3v) is 5.32. The van der Waals surface area contributed by atoms with E-state index in [0.717, 1.165) is 44.5 Å². The van der Waals surface area contributed by atoms with Crippen molar-refractivity contribution >= 4 is 22.6 Å². The van der Waals surface area contributed by atoms with Crippen LogP contribution in [0.4, 0.5) is 5.69 Å². The number of hydrogen-bond acceptors (Lipinski definition) is 4. The number of ether oxygens (including phenoxy) is 1. The molecule has 0 amide bonds. The standard InChI is InChI=1S/C25H25N2O3.6C2H6.Y/c1-26(2)16-10-12-20-22(14-16)30-23-15-17(27(3)4)11-13-21(23)24(20)18-8-6-7-9-19(18)25(28)29-5;6*1-2;/h6-15H,1-5H3;6*1-2H3;/q+1;;;;;;;. The first-order valence-corrected chi connectivity index (χ1v) is 15.8. The quantitative estimate of drug-likeness (QED) is 0.124. The third-order valence-electron chi connectivity index (χ3n) is 5.32. The Morgan fingerprint density at radius 2 is 1.26 bits per heavy atom. The maximum Gasteiger partial charge on any atom is 0.338 e. The zero-order chi connectivity index (χ0) is 33.4. The van der Waals surface area contributed by atoms with Gasteiger partial charge in [0.05, 0.1) is 18.7 Å². The number of benzene rings is 3. The molecule has 0 atom stereocenters. The van der Waals surface area contributed by atoms with Crippen LogP contribution in [0.15, 0.2) is 65.1 Å². The van der Waals surface area contributed by atoms with E-state index in [9.17, 15) is 4.79 Å². The number of hydrogen-bond donors (Lipinski definition) is 0. The fourth-order valence-corrected chi connectivity index (χ4v) is 3.70. The van der Waals surface area contributed by atoms with Gasteiger partial charge in [0, 0.05) is 81.1 Å². The Balaban J connectivity index is -0.000000524. The number of anilines is 1. The van der Waals surface area contributed by atoms with Crippen LogP contribution in [0.1, 0.15) is 93.4 Å². The molecule has 2 aromatic carbocycles. The zero-order valence-electron chi connectivity index (χ0n) is 30.5. The summed E-state index contributed by atoms with van der Waals surface area (Å²) in [7, 11) is 9.40. The van der Waals surface area contributed by atoms with Crippen molar-refractivity contribution in [2.45, 2.75) is 83.1 Å². The Labute approximate surface area is 289 Å². The van der Waals surface area contributed by atoms with E-state index in [1.807, 2.05) is 151 Å². The van der Waals surface area contributed by atoms with E-state index in [1.165, 1.54) is 7.11 Å². The van der Waals surface area contributed by atoms with Crippen molar-refractivity contribution in [2.24, 2.45) is 0 Å². The minimum Gasteiger partial charge on any atom is -0.465 e. The fraction of sp³-hybridized carbons (Fsp3) is 0.459. The molecule has 1 aliphatic carbocycles. The molecule has 0 saturated heterocycles. The van der Waals surface area contributed by atoms with Gasteiger partial charge < -0.3 is 14.1 Å². The van der Waals surface area contributed by atoms with Crippen LogP contribution in [0.5, 0.6) is 0 Å². The Bertz CT molecular complexity index is 1310. The van der Waals surface area contributed by atoms with E-state index in [4.69, 9.17) is 9.15 Å². The molecule has 5 nitrogen and oxygen atoms in total. The average Bonchev–Trinajstić information content (AvgIpc) is 3.08. The molecule has 239 valence electrons. The van der Waals surface area contributed by atoms with Gasteiger partial charge in [0.25, 0.3) is 0 Å². The average molecular weight is 671 g/mol. The normalized spacial score (nSPS) is 8.49. The van der Waals surface area contributed by atoms with Gasteiger partial charge in [-0.15, -0.1) is 0 Å². The molecule has 2 aliphatic rings. The van der Waals surface area contributed by atoms with E-state index in [0.29, 0.717) is 5.56 Å². The van der Waals surface area contributed by atoms with Crippen LogP contribution >= 0.6 is 0 Å². The molecular formula is C37H61N2O3Y+. The van der Waals surface area contributed by atoms with Gasteiger partial charge in [-0.2, -0.15) is 0 Å². The van der Waals surface area contributed by atoms with Crippen LogP contribution in [-0.4, -0.2) is 41.3 Å². The Morgan fingerprint density at radius 3 is 1.74 bits per heavy atom. The molecule has 1 radical (unpaired) electrons. The predicted octanol–water partition coefficient (Wildman–Crippen LogP) is 10.2. The van der Waals surface area contributed by atoms with Crippen molar-refractivity contribution in [1.82, 2.24) is 4.58 Å². The number of methoxy groups -OCH3 is 1. The third kappa shape index (κ3) is 13.4. The van der Waals surface area contributed by atoms with E-state index in [-0.39, 0.29) is 38.7 Å². The number of fused-ring (bicyclic) bond motifs is 2. The molecule has 0 N–H and O–H groups in total. The summed E-state index contributed by atoms with van der Waals surface area (Å²) in [6.45, 7) is 24.0. The summed E-state index contributed by atoms with van der Waals surface area (Å²) in [5.74, 6) is 0.404. The topological polar surface area (TPSA) is 45.7 Å². The molecular weight excluding hydrogens is 609 g/mol. The first-order valence-electron chi connectivity index (χ1n) is 15.8. The molecule has 0 aromatic heterocycles. The monoisotopic (exact) mass is 670 g/mol.